The Labute approximate surface area is 231 Å². The number of aldehydes is 1. The van der Waals surface area contributed by atoms with Crippen LogP contribution in [0, 0.1) is 0 Å². The second kappa shape index (κ2) is 9.51. The molecule has 2 saturated heterocycles. The fourth-order valence-electron chi connectivity index (χ4n) is 5.87. The standard InChI is InChI=1S/C29H32N2O9/c1-17(33)39-16-28(15-32)23-20(30-13-21-24(29(28,30)36)31(21)26(35)40-27(2,3)4)11-19(25(34)37-5)12-22(23)38-14-18-9-7-6-8-10-18/h6-12,15,21,24,36H,13-14,16H2,1-5H3/t21-,24-,28-,29?,31?/m0/s1. The topological polar surface area (TPSA) is 132 Å². The number of fused-ring (bicyclic) bond motifs is 5. The molecule has 2 aromatic carbocycles. The summed E-state index contributed by atoms with van der Waals surface area (Å²) in [5.74, 6) is -1.15. The van der Waals surface area contributed by atoms with Gasteiger partial charge in [-0.3, -0.25) is 9.69 Å². The van der Waals surface area contributed by atoms with Crippen molar-refractivity contribution in [3.8, 4) is 5.75 Å². The van der Waals surface area contributed by atoms with Crippen molar-refractivity contribution in [1.29, 1.82) is 0 Å². The van der Waals surface area contributed by atoms with E-state index < -0.39 is 53.5 Å². The third-order valence-corrected chi connectivity index (χ3v) is 7.57. The lowest BCUT2D eigenvalue weighted by Gasteiger charge is -2.41. The number of piperazine rings is 1. The highest BCUT2D eigenvalue weighted by molar-refractivity contribution is 5.96. The quantitative estimate of drug-likeness (QED) is 0.237. The Morgan fingerprint density at radius 1 is 1.15 bits per heavy atom. The van der Waals surface area contributed by atoms with Crippen LogP contribution in [-0.2, 0) is 35.8 Å². The van der Waals surface area contributed by atoms with Crippen molar-refractivity contribution in [1.82, 2.24) is 4.90 Å². The number of rotatable bonds is 7. The molecule has 0 saturated carbocycles. The molecule has 2 fully saturated rings. The summed E-state index contributed by atoms with van der Waals surface area (Å²) in [6.07, 6.45) is -0.0923. The lowest BCUT2D eigenvalue weighted by Crippen LogP contribution is -2.64. The van der Waals surface area contributed by atoms with Gasteiger partial charge in [-0.15, -0.1) is 0 Å². The first-order valence-corrected chi connectivity index (χ1v) is 12.9. The first-order valence-electron chi connectivity index (χ1n) is 12.9. The number of aliphatic hydroxyl groups is 1. The maximum Gasteiger partial charge on any atom is 0.411 e. The number of hydrogen-bond donors (Lipinski definition) is 1. The summed E-state index contributed by atoms with van der Waals surface area (Å²) in [6.45, 7) is 6.12. The van der Waals surface area contributed by atoms with Crippen LogP contribution in [-0.4, -0.2) is 78.0 Å². The van der Waals surface area contributed by atoms with Crippen LogP contribution in [0.25, 0.3) is 0 Å². The van der Waals surface area contributed by atoms with Gasteiger partial charge in [-0.25, -0.2) is 9.59 Å². The van der Waals surface area contributed by atoms with Gasteiger partial charge < -0.3 is 33.7 Å². The van der Waals surface area contributed by atoms with Crippen LogP contribution in [0.15, 0.2) is 42.5 Å². The molecule has 0 radical (unpaired) electrons. The molecule has 3 aliphatic heterocycles. The highest BCUT2D eigenvalue weighted by Gasteiger charge is 2.81. The van der Waals surface area contributed by atoms with Crippen molar-refractivity contribution in [2.24, 2.45) is 0 Å². The fourth-order valence-corrected chi connectivity index (χ4v) is 5.87. The maximum atomic E-state index is 13.2. The average molecular weight is 553 g/mol. The van der Waals surface area contributed by atoms with Gasteiger partial charge in [-0.2, -0.15) is 0 Å². The first kappa shape index (κ1) is 27.4. The van der Waals surface area contributed by atoms with E-state index in [1.165, 1.54) is 31.1 Å². The van der Waals surface area contributed by atoms with Gasteiger partial charge in [-0.1, -0.05) is 30.3 Å². The zero-order chi connectivity index (χ0) is 29.0. The van der Waals surface area contributed by atoms with E-state index in [0.29, 0.717) is 12.0 Å². The Morgan fingerprint density at radius 2 is 1.85 bits per heavy atom. The molecule has 11 heteroatoms. The number of carbonyl (C=O) groups excluding carboxylic acids is 4. The lowest BCUT2D eigenvalue weighted by molar-refractivity contribution is -0.149. The average Bonchev–Trinajstić information content (AvgIpc) is 3.50. The Balaban J connectivity index is 1.64. The molecule has 5 rings (SSSR count). The van der Waals surface area contributed by atoms with Crippen molar-refractivity contribution >= 4 is 30.0 Å². The van der Waals surface area contributed by atoms with Gasteiger partial charge >= 0.3 is 18.0 Å². The number of carbonyl (C=O) groups is 4. The van der Waals surface area contributed by atoms with Gasteiger partial charge in [0.15, 0.2) is 5.72 Å². The second-order valence-corrected chi connectivity index (χ2v) is 11.2. The molecule has 1 unspecified atom stereocenters. The minimum Gasteiger partial charge on any atom is -0.488 e. The smallest absolute Gasteiger partial charge is 0.411 e. The van der Waals surface area contributed by atoms with E-state index >= 15 is 0 Å². The molecule has 4 atom stereocenters. The van der Waals surface area contributed by atoms with E-state index in [4.69, 9.17) is 18.9 Å². The summed E-state index contributed by atoms with van der Waals surface area (Å²) in [5.41, 5.74) is -3.08. The van der Waals surface area contributed by atoms with Gasteiger partial charge in [-0.05, 0) is 38.5 Å². The second-order valence-electron chi connectivity index (χ2n) is 11.2. The number of anilines is 1. The van der Waals surface area contributed by atoms with E-state index in [-0.39, 0.29) is 30.0 Å². The minimum absolute atomic E-state index is 0.0922. The third-order valence-electron chi connectivity index (χ3n) is 7.57. The molecule has 0 aliphatic carbocycles. The van der Waals surface area contributed by atoms with Crippen LogP contribution in [0.3, 0.4) is 0 Å². The van der Waals surface area contributed by atoms with Crippen molar-refractivity contribution in [3.05, 3.63) is 59.2 Å². The number of esters is 2. The number of nitrogens with zero attached hydrogens (tertiary/aromatic N) is 2. The Kier molecular flexibility index (Phi) is 6.53. The molecule has 0 bridgehead atoms. The molecular weight excluding hydrogens is 520 g/mol. The number of ether oxygens (including phenoxy) is 4. The maximum absolute atomic E-state index is 13.2. The van der Waals surface area contributed by atoms with Crippen LogP contribution in [0.1, 0.15) is 49.2 Å². The van der Waals surface area contributed by atoms with E-state index in [0.717, 1.165) is 5.56 Å². The van der Waals surface area contributed by atoms with Crippen LogP contribution in [0.4, 0.5) is 10.5 Å². The fraction of sp³-hybridized carbons (Fsp3) is 0.448. The highest BCUT2D eigenvalue weighted by atomic mass is 16.6. The zero-order valence-corrected chi connectivity index (χ0v) is 23.0. The van der Waals surface area contributed by atoms with Gasteiger partial charge in [0, 0.05) is 24.7 Å². The van der Waals surface area contributed by atoms with Crippen LogP contribution in [0.5, 0.6) is 5.75 Å². The molecule has 40 heavy (non-hydrogen) atoms. The summed E-state index contributed by atoms with van der Waals surface area (Å²) >= 11 is 0. The van der Waals surface area contributed by atoms with E-state index in [2.05, 4.69) is 0 Å². The van der Waals surface area contributed by atoms with Crippen molar-refractivity contribution in [2.45, 2.75) is 63.1 Å². The molecule has 11 nitrogen and oxygen atoms in total. The monoisotopic (exact) mass is 552 g/mol. The normalized spacial score (nSPS) is 25.9. The minimum atomic E-state index is -2.02. The van der Waals surface area contributed by atoms with Gasteiger partial charge in [0.2, 0.25) is 0 Å². The molecule has 3 heterocycles. The van der Waals surface area contributed by atoms with E-state index in [1.807, 2.05) is 30.3 Å². The summed E-state index contributed by atoms with van der Waals surface area (Å²) in [4.78, 5) is 53.8. The van der Waals surface area contributed by atoms with Gasteiger partial charge in [0.25, 0.3) is 0 Å². The molecular formula is C29H32N2O9. The zero-order valence-electron chi connectivity index (χ0n) is 23.0. The van der Waals surface area contributed by atoms with Crippen molar-refractivity contribution in [2.75, 3.05) is 25.2 Å². The van der Waals surface area contributed by atoms with E-state index in [9.17, 15) is 24.3 Å². The Hall–Kier alpha value is -4.12. The van der Waals surface area contributed by atoms with Gasteiger partial charge in [0.1, 0.15) is 42.3 Å². The summed E-state index contributed by atoms with van der Waals surface area (Å²) in [6, 6.07) is 10.9. The molecule has 0 spiro atoms. The number of hydrogen-bond acceptors (Lipinski definition) is 10. The molecule has 3 aliphatic rings. The SMILES string of the molecule is COC(=O)c1cc(OCc2ccccc2)c2c(c1)N1C[C@H]3[C@H](N3C(=O)OC(C)(C)C)C1(O)[C@@]2(C=O)COC(C)=O. The Morgan fingerprint density at radius 3 is 2.45 bits per heavy atom. The number of methoxy groups -OCH3 is 1. The molecule has 1 amide bonds. The number of benzene rings is 2. The number of amides is 1. The molecule has 0 aromatic heterocycles. The largest absolute Gasteiger partial charge is 0.488 e. The van der Waals surface area contributed by atoms with E-state index in [1.54, 1.807) is 25.7 Å². The van der Waals surface area contributed by atoms with Crippen LogP contribution in [0.2, 0.25) is 0 Å². The molecule has 1 N–H and O–H groups in total. The summed E-state index contributed by atoms with van der Waals surface area (Å²) < 4.78 is 22.0. The van der Waals surface area contributed by atoms with Crippen LogP contribution >= 0.6 is 0 Å². The van der Waals surface area contributed by atoms with Crippen LogP contribution < -0.4 is 9.64 Å². The third kappa shape index (κ3) is 4.16. The highest BCUT2D eigenvalue weighted by Crippen LogP contribution is 2.63. The van der Waals surface area contributed by atoms with Crippen molar-refractivity contribution < 1.29 is 43.2 Å². The predicted molar refractivity (Wildman–Crippen MR) is 141 cm³/mol. The Bertz CT molecular complexity index is 1370. The predicted octanol–water partition coefficient (Wildman–Crippen LogP) is 2.56. The van der Waals surface area contributed by atoms with Gasteiger partial charge in [0.05, 0.1) is 18.7 Å². The molecule has 212 valence electrons. The van der Waals surface area contributed by atoms with Crippen molar-refractivity contribution in [3.63, 3.8) is 0 Å². The first-order chi connectivity index (χ1) is 18.9. The lowest BCUT2D eigenvalue weighted by atomic mass is 9.73. The summed E-state index contributed by atoms with van der Waals surface area (Å²) in [7, 11) is 1.25. The summed E-state index contributed by atoms with van der Waals surface area (Å²) in [5, 5.41) is 12.5. The molecule has 2 aromatic rings.